The van der Waals surface area contributed by atoms with E-state index in [1.165, 1.54) is 11.3 Å². The maximum absolute atomic E-state index is 11.6. The molecule has 96 valence electrons. The van der Waals surface area contributed by atoms with Crippen molar-refractivity contribution in [2.75, 3.05) is 12.0 Å². The van der Waals surface area contributed by atoms with Gasteiger partial charge < -0.3 is 9.64 Å². The van der Waals surface area contributed by atoms with Crippen molar-refractivity contribution in [3.63, 3.8) is 0 Å². The molecular weight excluding hydrogens is 226 g/mol. The maximum Gasteiger partial charge on any atom is 0.137 e. The van der Waals surface area contributed by atoms with Crippen LogP contribution in [0.4, 0.5) is 5.69 Å². The van der Waals surface area contributed by atoms with Crippen LogP contribution in [0, 0.1) is 0 Å². The maximum atomic E-state index is 11.6. The first kappa shape index (κ1) is 11.7. The number of nitrogens with zero attached hydrogens (tertiary/aromatic N) is 1. The normalized spacial score (nSPS) is 26.7. The third kappa shape index (κ3) is 2.03. The molecule has 2 bridgehead atoms. The number of fused-ring (bicyclic) bond motifs is 2. The summed E-state index contributed by atoms with van der Waals surface area (Å²) >= 11 is 0. The molecule has 2 saturated heterocycles. The van der Waals surface area contributed by atoms with Crippen LogP contribution in [0.5, 0.6) is 0 Å². The number of piperidine rings is 1. The van der Waals surface area contributed by atoms with Crippen LogP contribution in [0.15, 0.2) is 24.3 Å². The molecule has 0 N–H and O–H groups in total. The molecule has 3 heteroatoms. The number of carbonyl (C=O) groups is 1. The predicted molar refractivity (Wildman–Crippen MR) is 70.7 cm³/mol. The Morgan fingerprint density at radius 1 is 1.28 bits per heavy atom. The second-order valence-corrected chi connectivity index (χ2v) is 5.34. The molecule has 1 aromatic carbocycles. The van der Waals surface area contributed by atoms with E-state index in [9.17, 15) is 4.79 Å². The summed E-state index contributed by atoms with van der Waals surface area (Å²) in [4.78, 5) is 14.1. The van der Waals surface area contributed by atoms with Gasteiger partial charge in [0.25, 0.3) is 0 Å². The van der Waals surface area contributed by atoms with Crippen molar-refractivity contribution < 1.29 is 9.53 Å². The zero-order chi connectivity index (χ0) is 12.5. The summed E-state index contributed by atoms with van der Waals surface area (Å²) < 4.78 is 5.18. The summed E-state index contributed by atoms with van der Waals surface area (Å²) in [5.74, 6) is 0.437. The molecule has 0 aliphatic carbocycles. The third-order valence-corrected chi connectivity index (χ3v) is 4.07. The minimum Gasteiger partial charge on any atom is -0.380 e. The van der Waals surface area contributed by atoms with Gasteiger partial charge in [-0.05, 0) is 30.5 Å². The molecule has 0 radical (unpaired) electrons. The lowest BCUT2D eigenvalue weighted by atomic mass is 10.00. The van der Waals surface area contributed by atoms with Gasteiger partial charge in [-0.3, -0.25) is 4.79 Å². The van der Waals surface area contributed by atoms with Crippen LogP contribution in [0.1, 0.15) is 31.2 Å². The number of carbonyl (C=O) groups excluding carboxylic acids is 1. The van der Waals surface area contributed by atoms with Crippen molar-refractivity contribution in [3.8, 4) is 0 Å². The van der Waals surface area contributed by atoms with E-state index in [-0.39, 0.29) is 0 Å². The van der Waals surface area contributed by atoms with Crippen LogP contribution >= 0.6 is 0 Å². The third-order valence-electron chi connectivity index (χ3n) is 4.07. The fraction of sp³-hybridized carbons (Fsp3) is 0.533. The van der Waals surface area contributed by atoms with Crippen LogP contribution in [-0.2, 0) is 16.1 Å². The molecule has 2 atom stereocenters. The molecule has 0 saturated carbocycles. The molecule has 0 aromatic heterocycles. The zero-order valence-corrected chi connectivity index (χ0v) is 10.8. The largest absolute Gasteiger partial charge is 0.380 e. The number of methoxy groups -OCH3 is 1. The zero-order valence-electron chi connectivity index (χ0n) is 10.8. The molecule has 2 heterocycles. The smallest absolute Gasteiger partial charge is 0.137 e. The Morgan fingerprint density at radius 3 is 2.67 bits per heavy atom. The Labute approximate surface area is 108 Å². The summed E-state index contributed by atoms with van der Waals surface area (Å²) in [5, 5.41) is 0. The molecule has 1 aromatic rings. The van der Waals surface area contributed by atoms with Gasteiger partial charge in [0, 0.05) is 37.7 Å². The molecular formula is C15H19NO2. The summed E-state index contributed by atoms with van der Waals surface area (Å²) in [5.41, 5.74) is 2.45. The predicted octanol–water partition coefficient (Wildman–Crippen LogP) is 2.53. The standard InChI is InChI=1S/C15H19NO2/c1-18-10-11-3-2-4-12(7-11)16-13-5-6-14(16)9-15(17)8-13/h2-4,7,13-14H,5-6,8-10H2,1H3. The lowest BCUT2D eigenvalue weighted by Crippen LogP contribution is -2.43. The summed E-state index contributed by atoms with van der Waals surface area (Å²) in [6.07, 6.45) is 3.77. The quantitative estimate of drug-likeness (QED) is 0.819. The van der Waals surface area contributed by atoms with E-state index in [1.807, 2.05) is 0 Å². The van der Waals surface area contributed by atoms with E-state index in [1.54, 1.807) is 7.11 Å². The number of hydrogen-bond donors (Lipinski definition) is 0. The number of ketones is 1. The highest BCUT2D eigenvalue weighted by Crippen LogP contribution is 2.38. The van der Waals surface area contributed by atoms with Gasteiger partial charge in [-0.2, -0.15) is 0 Å². The van der Waals surface area contributed by atoms with Crippen LogP contribution in [-0.4, -0.2) is 25.0 Å². The fourth-order valence-corrected chi connectivity index (χ4v) is 3.37. The molecule has 0 amide bonds. The van der Waals surface area contributed by atoms with Gasteiger partial charge in [0.15, 0.2) is 0 Å². The van der Waals surface area contributed by atoms with E-state index in [2.05, 4.69) is 29.2 Å². The number of Topliss-reactive ketones (excluding diaryl/α,β-unsaturated/α-hetero) is 1. The molecule has 2 fully saturated rings. The Kier molecular flexibility index (Phi) is 3.08. The van der Waals surface area contributed by atoms with E-state index in [0.717, 1.165) is 25.7 Å². The first-order chi connectivity index (χ1) is 8.78. The van der Waals surface area contributed by atoms with Crippen LogP contribution in [0.25, 0.3) is 0 Å². The minimum absolute atomic E-state index is 0.425. The Balaban J connectivity index is 1.86. The highest BCUT2D eigenvalue weighted by atomic mass is 16.5. The first-order valence-corrected chi connectivity index (χ1v) is 6.66. The van der Waals surface area contributed by atoms with Crippen molar-refractivity contribution in [2.45, 2.75) is 44.4 Å². The molecule has 18 heavy (non-hydrogen) atoms. The molecule has 2 aliphatic heterocycles. The fourth-order valence-electron chi connectivity index (χ4n) is 3.37. The van der Waals surface area contributed by atoms with E-state index in [4.69, 9.17) is 4.74 Å². The summed E-state index contributed by atoms with van der Waals surface area (Å²) in [7, 11) is 1.72. The molecule has 0 spiro atoms. The average Bonchev–Trinajstić information content (AvgIpc) is 2.63. The monoisotopic (exact) mass is 245 g/mol. The van der Waals surface area contributed by atoms with Crippen molar-refractivity contribution in [2.24, 2.45) is 0 Å². The molecule has 2 aliphatic rings. The number of ether oxygens (including phenoxy) is 1. The van der Waals surface area contributed by atoms with E-state index < -0.39 is 0 Å². The van der Waals surface area contributed by atoms with Crippen molar-refractivity contribution >= 4 is 11.5 Å². The van der Waals surface area contributed by atoms with Gasteiger partial charge >= 0.3 is 0 Å². The first-order valence-electron chi connectivity index (χ1n) is 6.66. The number of anilines is 1. The van der Waals surface area contributed by atoms with Crippen LogP contribution < -0.4 is 4.90 Å². The second kappa shape index (κ2) is 4.73. The Morgan fingerprint density at radius 2 is 2.00 bits per heavy atom. The van der Waals surface area contributed by atoms with Crippen molar-refractivity contribution in [3.05, 3.63) is 29.8 Å². The van der Waals surface area contributed by atoms with Crippen molar-refractivity contribution in [1.29, 1.82) is 0 Å². The van der Waals surface area contributed by atoms with Crippen molar-refractivity contribution in [1.82, 2.24) is 0 Å². The second-order valence-electron chi connectivity index (χ2n) is 5.34. The highest BCUT2D eigenvalue weighted by Gasteiger charge is 2.40. The summed E-state index contributed by atoms with van der Waals surface area (Å²) in [6, 6.07) is 9.37. The summed E-state index contributed by atoms with van der Waals surface area (Å²) in [6.45, 7) is 0.649. The topological polar surface area (TPSA) is 29.5 Å². The van der Waals surface area contributed by atoms with Gasteiger partial charge in [-0.1, -0.05) is 12.1 Å². The molecule has 2 unspecified atom stereocenters. The Hall–Kier alpha value is -1.35. The van der Waals surface area contributed by atoms with E-state index >= 15 is 0 Å². The lowest BCUT2D eigenvalue weighted by Gasteiger charge is -2.36. The highest BCUT2D eigenvalue weighted by molar-refractivity contribution is 5.83. The average molecular weight is 245 g/mol. The van der Waals surface area contributed by atoms with Gasteiger partial charge in [0.05, 0.1) is 6.61 Å². The SMILES string of the molecule is COCc1cccc(N2C3CCC2CC(=O)C3)c1. The van der Waals surface area contributed by atoms with Crippen LogP contribution in [0.2, 0.25) is 0 Å². The minimum atomic E-state index is 0.425. The number of hydrogen-bond acceptors (Lipinski definition) is 3. The molecule has 3 rings (SSSR count). The number of rotatable bonds is 3. The number of benzene rings is 1. The van der Waals surface area contributed by atoms with Gasteiger partial charge in [-0.15, -0.1) is 0 Å². The van der Waals surface area contributed by atoms with Gasteiger partial charge in [-0.25, -0.2) is 0 Å². The van der Waals surface area contributed by atoms with E-state index in [0.29, 0.717) is 24.5 Å². The van der Waals surface area contributed by atoms with Gasteiger partial charge in [0.1, 0.15) is 5.78 Å². The molecule has 3 nitrogen and oxygen atoms in total. The Bertz CT molecular complexity index is 442. The van der Waals surface area contributed by atoms with Gasteiger partial charge in [0.2, 0.25) is 0 Å². The lowest BCUT2D eigenvalue weighted by molar-refractivity contribution is -0.120. The van der Waals surface area contributed by atoms with Crippen LogP contribution in [0.3, 0.4) is 0 Å².